The van der Waals surface area contributed by atoms with Gasteiger partial charge >= 0.3 is 5.97 Å². The van der Waals surface area contributed by atoms with Gasteiger partial charge in [0.05, 0.1) is 0 Å². The van der Waals surface area contributed by atoms with Crippen molar-refractivity contribution in [3.63, 3.8) is 0 Å². The Morgan fingerprint density at radius 3 is 2.31 bits per heavy atom. The number of hydrogen-bond acceptors (Lipinski definition) is 3. The lowest BCUT2D eigenvalue weighted by molar-refractivity contribution is -0.129. The fraction of sp³-hybridized carbons (Fsp3) is 0.308. The zero-order chi connectivity index (χ0) is 12.2. The van der Waals surface area contributed by atoms with Crippen LogP contribution in [-0.4, -0.2) is 11.6 Å². The minimum Gasteiger partial charge on any atom is -0.484 e. The zero-order valence-corrected chi connectivity index (χ0v) is 9.82. The van der Waals surface area contributed by atoms with Gasteiger partial charge in [-0.25, -0.2) is 4.79 Å². The van der Waals surface area contributed by atoms with Gasteiger partial charge in [0.2, 0.25) is 0 Å². The van der Waals surface area contributed by atoms with Crippen LogP contribution in [0.25, 0.3) is 0 Å². The van der Waals surface area contributed by atoms with Crippen LogP contribution in [0.1, 0.15) is 20.8 Å². The predicted molar refractivity (Wildman–Crippen MR) is 62.7 cm³/mol. The lowest BCUT2D eigenvalue weighted by atomic mass is 10.2. The monoisotopic (exact) mass is 220 g/mol. The Balaban J connectivity index is 2.91. The normalized spacial score (nSPS) is 10.7. The molecule has 0 fully saturated rings. The molecule has 0 saturated carbocycles. The van der Waals surface area contributed by atoms with Crippen LogP contribution in [0.3, 0.4) is 0 Å². The van der Waals surface area contributed by atoms with Crippen molar-refractivity contribution in [2.24, 2.45) is 0 Å². The van der Waals surface area contributed by atoms with Gasteiger partial charge in [-0.15, -0.1) is 0 Å². The number of ether oxygens (including phenoxy) is 2. The Hall–Kier alpha value is -1.77. The maximum Gasteiger partial charge on any atom is 0.335 e. The molecule has 1 aromatic carbocycles. The van der Waals surface area contributed by atoms with Crippen LogP contribution in [0.2, 0.25) is 0 Å². The van der Waals surface area contributed by atoms with Gasteiger partial charge in [-0.1, -0.05) is 18.7 Å². The number of rotatable bonds is 3. The molecule has 0 atom stereocenters. The highest BCUT2D eigenvalue weighted by molar-refractivity contribution is 5.83. The van der Waals surface area contributed by atoms with Gasteiger partial charge in [-0.05, 0) is 32.9 Å². The van der Waals surface area contributed by atoms with E-state index in [1.807, 2.05) is 26.8 Å². The summed E-state index contributed by atoms with van der Waals surface area (Å²) >= 11 is 0. The van der Waals surface area contributed by atoms with Crippen molar-refractivity contribution in [3.05, 3.63) is 36.9 Å². The van der Waals surface area contributed by atoms with E-state index in [0.717, 1.165) is 6.08 Å². The van der Waals surface area contributed by atoms with Crippen LogP contribution in [0.5, 0.6) is 11.5 Å². The van der Waals surface area contributed by atoms with Crippen LogP contribution in [0.15, 0.2) is 36.9 Å². The van der Waals surface area contributed by atoms with E-state index < -0.39 is 5.97 Å². The predicted octanol–water partition coefficient (Wildman–Crippen LogP) is 2.96. The Morgan fingerprint density at radius 1 is 1.25 bits per heavy atom. The molecule has 0 aliphatic heterocycles. The van der Waals surface area contributed by atoms with Crippen molar-refractivity contribution in [2.45, 2.75) is 26.4 Å². The second-order valence-corrected chi connectivity index (χ2v) is 4.29. The molecular formula is C13H16O3. The number of esters is 1. The van der Waals surface area contributed by atoms with E-state index in [4.69, 9.17) is 9.47 Å². The largest absolute Gasteiger partial charge is 0.484 e. The van der Waals surface area contributed by atoms with E-state index >= 15 is 0 Å². The summed E-state index contributed by atoms with van der Waals surface area (Å²) in [4.78, 5) is 11.1. The van der Waals surface area contributed by atoms with E-state index in [9.17, 15) is 4.79 Å². The van der Waals surface area contributed by atoms with Crippen molar-refractivity contribution >= 4 is 5.97 Å². The Morgan fingerprint density at radius 2 is 1.81 bits per heavy atom. The van der Waals surface area contributed by atoms with Gasteiger partial charge in [0.25, 0.3) is 0 Å². The molecule has 0 amide bonds. The first-order valence-electron chi connectivity index (χ1n) is 5.04. The maximum absolute atomic E-state index is 11.1. The molecule has 0 saturated heterocycles. The third kappa shape index (κ3) is 3.77. The molecule has 0 radical (unpaired) electrons. The maximum atomic E-state index is 11.1. The average molecular weight is 220 g/mol. The summed E-state index contributed by atoms with van der Waals surface area (Å²) in [6.07, 6.45) is 1.12. The topological polar surface area (TPSA) is 35.5 Å². The number of carbonyl (C=O) groups excluding carboxylic acids is 1. The van der Waals surface area contributed by atoms with E-state index in [-0.39, 0.29) is 5.60 Å². The van der Waals surface area contributed by atoms with E-state index in [1.165, 1.54) is 0 Å². The standard InChI is InChI=1S/C13H16O3/c1-5-12(14)15-10-8-6-7-9-11(10)16-13(2,3)4/h5-9H,1H2,2-4H3. The quantitative estimate of drug-likeness (QED) is 0.446. The molecule has 0 spiro atoms. The molecule has 0 aliphatic carbocycles. The molecule has 16 heavy (non-hydrogen) atoms. The van der Waals surface area contributed by atoms with Crippen LogP contribution in [0.4, 0.5) is 0 Å². The van der Waals surface area contributed by atoms with Crippen LogP contribution >= 0.6 is 0 Å². The fourth-order valence-electron chi connectivity index (χ4n) is 1.10. The molecule has 0 heterocycles. The summed E-state index contributed by atoms with van der Waals surface area (Å²) in [6.45, 7) is 9.13. The van der Waals surface area contributed by atoms with Crippen molar-refractivity contribution < 1.29 is 14.3 Å². The highest BCUT2D eigenvalue weighted by atomic mass is 16.6. The average Bonchev–Trinajstić information content (AvgIpc) is 2.18. The molecule has 3 heteroatoms. The summed E-state index contributed by atoms with van der Waals surface area (Å²) in [7, 11) is 0. The SMILES string of the molecule is C=CC(=O)Oc1ccccc1OC(C)(C)C. The van der Waals surface area contributed by atoms with Crippen molar-refractivity contribution in [3.8, 4) is 11.5 Å². The molecule has 0 aliphatic rings. The minimum atomic E-state index is -0.495. The molecule has 1 rings (SSSR count). The van der Waals surface area contributed by atoms with Gasteiger partial charge < -0.3 is 9.47 Å². The molecule has 0 aromatic heterocycles. The second-order valence-electron chi connectivity index (χ2n) is 4.29. The summed E-state index contributed by atoms with van der Waals surface area (Å²) in [5.74, 6) is 0.456. The number of benzene rings is 1. The van der Waals surface area contributed by atoms with E-state index in [2.05, 4.69) is 6.58 Å². The first-order valence-corrected chi connectivity index (χ1v) is 5.04. The van der Waals surface area contributed by atoms with Crippen LogP contribution in [-0.2, 0) is 4.79 Å². The highest BCUT2D eigenvalue weighted by Crippen LogP contribution is 2.29. The van der Waals surface area contributed by atoms with Gasteiger partial charge in [0.1, 0.15) is 5.60 Å². The number of carbonyl (C=O) groups is 1. The van der Waals surface area contributed by atoms with Gasteiger partial charge in [0, 0.05) is 6.08 Å². The van der Waals surface area contributed by atoms with Crippen molar-refractivity contribution in [1.82, 2.24) is 0 Å². The molecule has 0 N–H and O–H groups in total. The van der Waals surface area contributed by atoms with E-state index in [0.29, 0.717) is 11.5 Å². The Kier molecular flexibility index (Phi) is 3.72. The Labute approximate surface area is 95.7 Å². The minimum absolute atomic E-state index is 0.337. The molecule has 1 aromatic rings. The van der Waals surface area contributed by atoms with Crippen molar-refractivity contribution in [2.75, 3.05) is 0 Å². The second kappa shape index (κ2) is 4.84. The Bertz CT molecular complexity index is 388. The smallest absolute Gasteiger partial charge is 0.335 e. The van der Waals surface area contributed by atoms with Gasteiger partial charge in [-0.3, -0.25) is 0 Å². The highest BCUT2D eigenvalue weighted by Gasteiger charge is 2.15. The zero-order valence-electron chi connectivity index (χ0n) is 9.82. The lowest BCUT2D eigenvalue weighted by Crippen LogP contribution is -2.23. The summed E-state index contributed by atoms with van der Waals surface area (Å²) in [5, 5.41) is 0. The molecular weight excluding hydrogens is 204 g/mol. The van der Waals surface area contributed by atoms with Gasteiger partial charge in [0.15, 0.2) is 11.5 Å². The number of hydrogen-bond donors (Lipinski definition) is 0. The van der Waals surface area contributed by atoms with E-state index in [1.54, 1.807) is 18.2 Å². The summed E-state index contributed by atoms with van der Waals surface area (Å²) < 4.78 is 10.7. The first-order chi connectivity index (χ1) is 7.42. The van der Waals surface area contributed by atoms with Gasteiger partial charge in [-0.2, -0.15) is 0 Å². The molecule has 0 unspecified atom stereocenters. The van der Waals surface area contributed by atoms with Crippen LogP contribution in [0, 0.1) is 0 Å². The molecule has 3 nitrogen and oxygen atoms in total. The fourth-order valence-corrected chi connectivity index (χ4v) is 1.10. The van der Waals surface area contributed by atoms with Crippen molar-refractivity contribution in [1.29, 1.82) is 0 Å². The third-order valence-electron chi connectivity index (χ3n) is 1.64. The summed E-state index contributed by atoms with van der Waals surface area (Å²) in [6, 6.07) is 7.05. The first kappa shape index (κ1) is 12.3. The number of para-hydroxylation sites is 2. The van der Waals surface area contributed by atoms with Crippen LogP contribution < -0.4 is 9.47 Å². The summed E-state index contributed by atoms with van der Waals surface area (Å²) in [5.41, 5.74) is -0.337. The third-order valence-corrected chi connectivity index (χ3v) is 1.64. The lowest BCUT2D eigenvalue weighted by Gasteiger charge is -2.22. The molecule has 0 bridgehead atoms. The molecule has 86 valence electrons.